The second kappa shape index (κ2) is 7.01. The summed E-state index contributed by atoms with van der Waals surface area (Å²) in [5.74, 6) is 0.699. The molecule has 0 aliphatic heterocycles. The molecule has 0 aliphatic rings. The van der Waals surface area contributed by atoms with Crippen LogP contribution in [0.5, 0.6) is 0 Å². The molecule has 20 heavy (non-hydrogen) atoms. The van der Waals surface area contributed by atoms with Gasteiger partial charge < -0.3 is 10.4 Å². The second-order valence-electron chi connectivity index (χ2n) is 4.78. The van der Waals surface area contributed by atoms with Crippen LogP contribution in [0, 0.1) is 0 Å². The number of nitrogens with one attached hydrogen (secondary N) is 1. The molecule has 2 rings (SSSR count). The van der Waals surface area contributed by atoms with Crippen molar-refractivity contribution in [2.75, 3.05) is 11.9 Å². The Kier molecular flexibility index (Phi) is 5.07. The minimum Gasteiger partial charge on any atom is -0.394 e. The molecule has 0 spiro atoms. The van der Waals surface area contributed by atoms with Crippen LogP contribution in [-0.4, -0.2) is 27.7 Å². The fourth-order valence-electron chi connectivity index (χ4n) is 2.01. The molecule has 0 saturated heterocycles. The highest BCUT2D eigenvalue weighted by atomic mass is 16.3. The molecule has 4 heteroatoms. The van der Waals surface area contributed by atoms with E-state index in [-0.39, 0.29) is 12.6 Å². The van der Waals surface area contributed by atoms with Crippen molar-refractivity contribution in [3.8, 4) is 11.3 Å². The summed E-state index contributed by atoms with van der Waals surface area (Å²) in [7, 11) is 0. The number of anilines is 1. The molecule has 106 valence electrons. The van der Waals surface area contributed by atoms with Gasteiger partial charge in [0, 0.05) is 5.56 Å². The lowest BCUT2D eigenvalue weighted by atomic mass is 10.1. The van der Waals surface area contributed by atoms with Crippen LogP contribution in [-0.2, 0) is 6.42 Å². The Morgan fingerprint density at radius 3 is 2.80 bits per heavy atom. The van der Waals surface area contributed by atoms with Crippen LogP contribution in [0.1, 0.15) is 25.8 Å². The van der Waals surface area contributed by atoms with Crippen LogP contribution in [0.4, 0.5) is 5.82 Å². The molecule has 0 amide bonds. The Morgan fingerprint density at radius 2 is 2.10 bits per heavy atom. The lowest BCUT2D eigenvalue weighted by Crippen LogP contribution is -2.23. The standard InChI is InChI=1S/C16H21N3O/c1-3-12-6-5-7-13(8-12)15-9-17-10-16(19-15)18-14(4-2)11-20/h5-10,14,20H,3-4,11H2,1-2H3,(H,18,19). The van der Waals surface area contributed by atoms with Crippen LogP contribution in [0.3, 0.4) is 0 Å². The Balaban J connectivity index is 2.24. The second-order valence-corrected chi connectivity index (χ2v) is 4.78. The normalized spacial score (nSPS) is 12.2. The van der Waals surface area contributed by atoms with E-state index < -0.39 is 0 Å². The van der Waals surface area contributed by atoms with Crippen LogP contribution in [0.25, 0.3) is 11.3 Å². The number of aliphatic hydroxyl groups is 1. The Labute approximate surface area is 119 Å². The number of hydrogen-bond donors (Lipinski definition) is 2. The molecule has 1 aromatic heterocycles. The van der Waals surface area contributed by atoms with E-state index in [1.165, 1.54) is 5.56 Å². The summed E-state index contributed by atoms with van der Waals surface area (Å²) < 4.78 is 0. The zero-order valence-corrected chi connectivity index (χ0v) is 12.0. The summed E-state index contributed by atoms with van der Waals surface area (Å²) in [4.78, 5) is 8.80. The van der Waals surface area contributed by atoms with Crippen LogP contribution >= 0.6 is 0 Å². The molecule has 1 heterocycles. The number of rotatable bonds is 6. The monoisotopic (exact) mass is 271 g/mol. The fraction of sp³-hybridized carbons (Fsp3) is 0.375. The molecule has 2 N–H and O–H groups in total. The number of aliphatic hydroxyl groups excluding tert-OH is 1. The van der Waals surface area contributed by atoms with E-state index in [2.05, 4.69) is 34.3 Å². The maximum atomic E-state index is 9.23. The summed E-state index contributed by atoms with van der Waals surface area (Å²) in [5, 5.41) is 12.4. The molecule has 1 unspecified atom stereocenters. The van der Waals surface area contributed by atoms with E-state index in [0.29, 0.717) is 5.82 Å². The highest BCUT2D eigenvalue weighted by Crippen LogP contribution is 2.19. The summed E-state index contributed by atoms with van der Waals surface area (Å²) in [6.07, 6.45) is 5.29. The van der Waals surface area contributed by atoms with Crippen LogP contribution in [0.15, 0.2) is 36.7 Å². The van der Waals surface area contributed by atoms with Crippen molar-refractivity contribution >= 4 is 5.82 Å². The van der Waals surface area contributed by atoms with Gasteiger partial charge in [-0.3, -0.25) is 4.98 Å². The highest BCUT2D eigenvalue weighted by molar-refractivity contribution is 5.60. The zero-order valence-electron chi connectivity index (χ0n) is 12.0. The van der Waals surface area contributed by atoms with E-state index in [0.717, 1.165) is 24.1 Å². The first kappa shape index (κ1) is 14.5. The van der Waals surface area contributed by atoms with Gasteiger partial charge in [-0.15, -0.1) is 0 Å². The van der Waals surface area contributed by atoms with Crippen molar-refractivity contribution in [1.29, 1.82) is 0 Å². The lowest BCUT2D eigenvalue weighted by molar-refractivity contribution is 0.271. The maximum Gasteiger partial charge on any atom is 0.145 e. The van der Waals surface area contributed by atoms with Crippen molar-refractivity contribution < 1.29 is 5.11 Å². The molecule has 2 aromatic rings. The van der Waals surface area contributed by atoms with E-state index in [9.17, 15) is 5.11 Å². The van der Waals surface area contributed by atoms with Crippen LogP contribution < -0.4 is 5.32 Å². The first-order valence-corrected chi connectivity index (χ1v) is 7.05. The first-order valence-electron chi connectivity index (χ1n) is 7.05. The van der Waals surface area contributed by atoms with Crippen molar-refractivity contribution in [2.24, 2.45) is 0 Å². The SMILES string of the molecule is CCc1cccc(-c2cncc(NC(CC)CO)n2)c1. The van der Waals surface area contributed by atoms with E-state index in [4.69, 9.17) is 0 Å². The van der Waals surface area contributed by atoms with E-state index >= 15 is 0 Å². The molecule has 0 aliphatic carbocycles. The third-order valence-electron chi connectivity index (χ3n) is 3.33. The average molecular weight is 271 g/mol. The third kappa shape index (κ3) is 3.54. The molecular weight excluding hydrogens is 250 g/mol. The minimum atomic E-state index is 0.0153. The number of nitrogens with zero attached hydrogens (tertiary/aromatic N) is 2. The molecule has 0 saturated carbocycles. The van der Waals surface area contributed by atoms with Gasteiger partial charge in [-0.2, -0.15) is 0 Å². The van der Waals surface area contributed by atoms with E-state index in [1.54, 1.807) is 12.4 Å². The van der Waals surface area contributed by atoms with Gasteiger partial charge in [-0.25, -0.2) is 4.98 Å². The van der Waals surface area contributed by atoms with Gasteiger partial charge in [-0.1, -0.05) is 32.0 Å². The number of benzene rings is 1. The minimum absolute atomic E-state index is 0.0153. The molecule has 4 nitrogen and oxygen atoms in total. The third-order valence-corrected chi connectivity index (χ3v) is 3.33. The van der Waals surface area contributed by atoms with Gasteiger partial charge in [0.15, 0.2) is 0 Å². The van der Waals surface area contributed by atoms with Crippen molar-refractivity contribution in [2.45, 2.75) is 32.7 Å². The summed E-state index contributed by atoms with van der Waals surface area (Å²) in [6.45, 7) is 4.25. The van der Waals surface area contributed by atoms with Gasteiger partial charge in [0.2, 0.25) is 0 Å². The predicted octanol–water partition coefficient (Wildman–Crippen LogP) is 2.89. The molecule has 1 aromatic carbocycles. The largest absolute Gasteiger partial charge is 0.394 e. The van der Waals surface area contributed by atoms with Gasteiger partial charge >= 0.3 is 0 Å². The Hall–Kier alpha value is -1.94. The van der Waals surface area contributed by atoms with Crippen molar-refractivity contribution in [1.82, 2.24) is 9.97 Å². The Bertz CT molecular complexity index is 553. The summed E-state index contributed by atoms with van der Waals surface area (Å²) in [5.41, 5.74) is 3.19. The maximum absolute atomic E-state index is 9.23. The first-order chi connectivity index (χ1) is 9.76. The summed E-state index contributed by atoms with van der Waals surface area (Å²) in [6, 6.07) is 8.34. The zero-order chi connectivity index (χ0) is 14.4. The van der Waals surface area contributed by atoms with Gasteiger partial charge in [-0.05, 0) is 24.5 Å². The molecular formula is C16H21N3O. The average Bonchev–Trinajstić information content (AvgIpc) is 2.53. The Morgan fingerprint density at radius 1 is 1.25 bits per heavy atom. The molecule has 0 bridgehead atoms. The molecule has 1 atom stereocenters. The van der Waals surface area contributed by atoms with Gasteiger partial charge in [0.1, 0.15) is 5.82 Å². The predicted molar refractivity (Wildman–Crippen MR) is 81.6 cm³/mol. The van der Waals surface area contributed by atoms with Crippen molar-refractivity contribution in [3.63, 3.8) is 0 Å². The van der Waals surface area contributed by atoms with Gasteiger partial charge in [0.25, 0.3) is 0 Å². The lowest BCUT2D eigenvalue weighted by Gasteiger charge is -2.14. The summed E-state index contributed by atoms with van der Waals surface area (Å²) >= 11 is 0. The van der Waals surface area contributed by atoms with Crippen molar-refractivity contribution in [3.05, 3.63) is 42.2 Å². The smallest absolute Gasteiger partial charge is 0.145 e. The number of aromatic nitrogens is 2. The molecule has 0 radical (unpaired) electrons. The molecule has 0 fully saturated rings. The quantitative estimate of drug-likeness (QED) is 0.848. The van der Waals surface area contributed by atoms with E-state index in [1.807, 2.05) is 19.1 Å². The fourth-order valence-corrected chi connectivity index (χ4v) is 2.01. The van der Waals surface area contributed by atoms with Gasteiger partial charge in [0.05, 0.1) is 30.7 Å². The topological polar surface area (TPSA) is 58.0 Å². The van der Waals surface area contributed by atoms with Crippen LogP contribution in [0.2, 0.25) is 0 Å². The number of aryl methyl sites for hydroxylation is 1. The number of hydrogen-bond acceptors (Lipinski definition) is 4. The highest BCUT2D eigenvalue weighted by Gasteiger charge is 2.07.